The summed E-state index contributed by atoms with van der Waals surface area (Å²) in [5, 5.41) is 0. The van der Waals surface area contributed by atoms with E-state index in [0.717, 1.165) is 22.3 Å². The molecule has 0 aliphatic heterocycles. The monoisotopic (exact) mass is 370 g/mol. The first-order valence-corrected chi connectivity index (χ1v) is 11.0. The van der Waals surface area contributed by atoms with Crippen molar-refractivity contribution in [3.63, 3.8) is 0 Å². The van der Waals surface area contributed by atoms with Crippen LogP contribution in [-0.4, -0.2) is 0 Å². The fraction of sp³-hybridized carbons (Fsp3) is 0.0476. The highest BCUT2D eigenvalue weighted by Gasteiger charge is 2.19. The molecular formula is C21H17Cl2P. The number of allylic oxidation sites excluding steroid dienone is 1. The van der Waals surface area contributed by atoms with Crippen LogP contribution in [0.2, 0.25) is 0 Å². The van der Waals surface area contributed by atoms with Gasteiger partial charge in [-0.1, -0.05) is 120 Å². The molecule has 0 amide bonds. The first-order chi connectivity index (χ1) is 11.8. The van der Waals surface area contributed by atoms with Crippen molar-refractivity contribution < 1.29 is 0 Å². The van der Waals surface area contributed by atoms with E-state index in [2.05, 4.69) is 42.5 Å². The lowest BCUT2D eigenvalue weighted by molar-refractivity contribution is 1.22. The largest absolute Gasteiger partial charge is 0.0969 e. The van der Waals surface area contributed by atoms with E-state index in [9.17, 15) is 0 Å². The Labute approximate surface area is 154 Å². The second-order valence-corrected chi connectivity index (χ2v) is 9.21. The molecule has 0 fully saturated rings. The molecule has 120 valence electrons. The van der Waals surface area contributed by atoms with Crippen LogP contribution in [0.3, 0.4) is 0 Å². The Morgan fingerprint density at radius 2 is 1.08 bits per heavy atom. The predicted molar refractivity (Wildman–Crippen MR) is 108 cm³/mol. The first kappa shape index (κ1) is 17.2. The van der Waals surface area contributed by atoms with Gasteiger partial charge in [-0.25, -0.2) is 0 Å². The van der Waals surface area contributed by atoms with Crippen LogP contribution in [0.4, 0.5) is 0 Å². The molecule has 0 bridgehead atoms. The van der Waals surface area contributed by atoms with E-state index in [0.29, 0.717) is 0 Å². The van der Waals surface area contributed by atoms with Gasteiger partial charge in [0.05, 0.1) is 12.3 Å². The molecule has 0 radical (unpaired) electrons. The van der Waals surface area contributed by atoms with Gasteiger partial charge in [0.1, 0.15) is 0 Å². The van der Waals surface area contributed by atoms with Crippen molar-refractivity contribution in [2.24, 2.45) is 0 Å². The van der Waals surface area contributed by atoms with Crippen LogP contribution in [0.25, 0.3) is 5.57 Å². The number of hydrogen-bond acceptors (Lipinski definition) is 0. The van der Waals surface area contributed by atoms with E-state index in [1.807, 2.05) is 54.6 Å². The quantitative estimate of drug-likeness (QED) is 0.404. The summed E-state index contributed by atoms with van der Waals surface area (Å²) in [6, 6.07) is 30.9. The fourth-order valence-electron chi connectivity index (χ4n) is 2.67. The van der Waals surface area contributed by atoms with E-state index in [-0.39, 0.29) is 5.66 Å². The SMILES string of the molecule is ClP(Cl)C(C=C(c1ccccc1)c1ccccc1)c1ccccc1. The van der Waals surface area contributed by atoms with Gasteiger partial charge in [0.15, 0.2) is 0 Å². The maximum Gasteiger partial charge on any atom is 0.0969 e. The Bertz CT molecular complexity index is 742. The van der Waals surface area contributed by atoms with Gasteiger partial charge in [-0.2, -0.15) is 0 Å². The second kappa shape index (κ2) is 8.49. The summed E-state index contributed by atoms with van der Waals surface area (Å²) in [5.41, 5.74) is 4.60. The van der Waals surface area contributed by atoms with E-state index in [1.165, 1.54) is 0 Å². The summed E-state index contributed by atoms with van der Waals surface area (Å²) >= 11 is 12.8. The zero-order chi connectivity index (χ0) is 16.8. The van der Waals surface area contributed by atoms with E-state index >= 15 is 0 Å². The van der Waals surface area contributed by atoms with Crippen molar-refractivity contribution in [3.05, 3.63) is 114 Å². The molecular weight excluding hydrogens is 354 g/mol. The molecule has 0 N–H and O–H groups in total. The smallest absolute Gasteiger partial charge is 0.0771 e. The van der Waals surface area contributed by atoms with Crippen LogP contribution in [-0.2, 0) is 0 Å². The van der Waals surface area contributed by atoms with Gasteiger partial charge in [-0.3, -0.25) is 0 Å². The highest BCUT2D eigenvalue weighted by molar-refractivity contribution is 8.04. The Balaban J connectivity index is 2.11. The molecule has 1 unspecified atom stereocenters. The molecule has 24 heavy (non-hydrogen) atoms. The molecule has 3 heteroatoms. The molecule has 0 saturated carbocycles. The number of rotatable bonds is 5. The maximum atomic E-state index is 6.38. The molecule has 0 aliphatic carbocycles. The molecule has 3 aromatic rings. The van der Waals surface area contributed by atoms with Crippen LogP contribution < -0.4 is 0 Å². The van der Waals surface area contributed by atoms with Crippen LogP contribution >= 0.6 is 29.1 Å². The number of halogens is 2. The highest BCUT2D eigenvalue weighted by Crippen LogP contribution is 2.61. The van der Waals surface area contributed by atoms with Crippen LogP contribution in [0, 0.1) is 0 Å². The zero-order valence-corrected chi connectivity index (χ0v) is 15.4. The van der Waals surface area contributed by atoms with Crippen molar-refractivity contribution in [2.75, 3.05) is 0 Å². The van der Waals surface area contributed by atoms with Crippen LogP contribution in [0.15, 0.2) is 97.1 Å². The summed E-state index contributed by atoms with van der Waals surface area (Å²) in [4.78, 5) is 0. The third kappa shape index (κ3) is 4.28. The van der Waals surface area contributed by atoms with Crippen LogP contribution in [0.5, 0.6) is 0 Å². The van der Waals surface area contributed by atoms with Gasteiger partial charge >= 0.3 is 0 Å². The summed E-state index contributed by atoms with van der Waals surface area (Å²) < 4.78 is 0. The zero-order valence-electron chi connectivity index (χ0n) is 13.0. The Morgan fingerprint density at radius 1 is 0.667 bits per heavy atom. The molecule has 0 heterocycles. The van der Waals surface area contributed by atoms with Gasteiger partial charge in [0.2, 0.25) is 0 Å². The van der Waals surface area contributed by atoms with Gasteiger partial charge in [0.25, 0.3) is 0 Å². The Morgan fingerprint density at radius 3 is 1.50 bits per heavy atom. The molecule has 0 nitrogen and oxygen atoms in total. The molecule has 3 rings (SSSR count). The molecule has 0 spiro atoms. The van der Waals surface area contributed by atoms with Crippen molar-refractivity contribution in [1.29, 1.82) is 0 Å². The summed E-state index contributed by atoms with van der Waals surface area (Å²) in [7, 11) is 0. The third-order valence-electron chi connectivity index (χ3n) is 3.85. The van der Waals surface area contributed by atoms with Crippen molar-refractivity contribution in [1.82, 2.24) is 0 Å². The lowest BCUT2D eigenvalue weighted by atomic mass is 9.96. The van der Waals surface area contributed by atoms with Gasteiger partial charge < -0.3 is 0 Å². The maximum absolute atomic E-state index is 6.38. The topological polar surface area (TPSA) is 0 Å². The minimum absolute atomic E-state index is 0.0139. The van der Waals surface area contributed by atoms with Gasteiger partial charge in [-0.15, -0.1) is 0 Å². The molecule has 0 aliphatic rings. The Hall–Kier alpha value is -1.59. The van der Waals surface area contributed by atoms with E-state index in [1.54, 1.807) is 0 Å². The second-order valence-electron chi connectivity index (χ2n) is 5.43. The standard InChI is InChI=1S/C21H17Cl2P/c22-24(23)21(19-14-8-3-9-15-19)16-20(17-10-4-1-5-11-17)18-12-6-2-7-13-18/h1-16,21H. The minimum atomic E-state index is -1.19. The van der Waals surface area contributed by atoms with Crippen LogP contribution in [0.1, 0.15) is 22.3 Å². The average Bonchev–Trinajstić information content (AvgIpc) is 2.64. The van der Waals surface area contributed by atoms with Crippen molar-refractivity contribution in [2.45, 2.75) is 5.66 Å². The number of hydrogen-bond donors (Lipinski definition) is 0. The highest BCUT2D eigenvalue weighted by atomic mass is 35.9. The van der Waals surface area contributed by atoms with Crippen molar-refractivity contribution in [3.8, 4) is 0 Å². The predicted octanol–water partition coefficient (Wildman–Crippen LogP) is 7.65. The van der Waals surface area contributed by atoms with Crippen molar-refractivity contribution >= 4 is 34.7 Å². The van der Waals surface area contributed by atoms with E-state index < -0.39 is 6.63 Å². The van der Waals surface area contributed by atoms with Gasteiger partial charge in [-0.05, 0) is 22.3 Å². The lowest BCUT2D eigenvalue weighted by Gasteiger charge is -2.17. The Kier molecular flexibility index (Phi) is 6.10. The van der Waals surface area contributed by atoms with E-state index in [4.69, 9.17) is 22.5 Å². The molecule has 0 aromatic heterocycles. The fourth-order valence-corrected chi connectivity index (χ4v) is 4.34. The molecule has 1 atom stereocenters. The third-order valence-corrected chi connectivity index (χ3v) is 5.97. The number of benzene rings is 3. The minimum Gasteiger partial charge on any atom is -0.0771 e. The summed E-state index contributed by atoms with van der Waals surface area (Å²) in [6.07, 6.45) is 2.20. The van der Waals surface area contributed by atoms with Gasteiger partial charge in [0, 0.05) is 0 Å². The normalized spacial score (nSPS) is 12.0. The lowest BCUT2D eigenvalue weighted by Crippen LogP contribution is -1.94. The molecule has 3 aromatic carbocycles. The summed E-state index contributed by atoms with van der Waals surface area (Å²) in [6.45, 7) is -1.19. The molecule has 0 saturated heterocycles. The summed E-state index contributed by atoms with van der Waals surface area (Å²) in [5.74, 6) is 0. The first-order valence-electron chi connectivity index (χ1n) is 7.74. The average molecular weight is 371 g/mol.